The lowest BCUT2D eigenvalue weighted by molar-refractivity contribution is 0.671. The molecule has 11 rings (SSSR count). The van der Waals surface area contributed by atoms with Gasteiger partial charge in [0.25, 0.3) is 0 Å². The molecule has 0 amide bonds. The Balaban J connectivity index is 1.52. The highest BCUT2D eigenvalue weighted by Crippen LogP contribution is 2.50. The average molecular weight is 551 g/mol. The first-order chi connectivity index (χ1) is 21.4. The minimum absolute atomic E-state index is 0.864. The van der Waals surface area contributed by atoms with Gasteiger partial charge in [0.15, 0.2) is 11.2 Å². The summed E-state index contributed by atoms with van der Waals surface area (Å²) in [6.07, 6.45) is 6.66. The van der Waals surface area contributed by atoms with E-state index in [0.29, 0.717) is 0 Å². The van der Waals surface area contributed by atoms with Gasteiger partial charge in [0.05, 0.1) is 22.1 Å². The van der Waals surface area contributed by atoms with Crippen LogP contribution in [-0.4, -0.2) is 18.9 Å². The van der Waals surface area contributed by atoms with Crippen LogP contribution in [0.1, 0.15) is 17.7 Å². The molecule has 43 heavy (non-hydrogen) atoms. The van der Waals surface area contributed by atoms with E-state index in [1.54, 1.807) is 0 Å². The summed E-state index contributed by atoms with van der Waals surface area (Å²) in [6, 6.07) is 34.0. The van der Waals surface area contributed by atoms with E-state index in [1.165, 1.54) is 44.0 Å². The van der Waals surface area contributed by atoms with Gasteiger partial charge in [-0.25, -0.2) is 9.97 Å². The van der Waals surface area contributed by atoms with E-state index < -0.39 is 0 Å². The number of hydrogen-bond donors (Lipinski definition) is 0. The van der Waals surface area contributed by atoms with E-state index >= 15 is 0 Å². The van der Waals surface area contributed by atoms with Gasteiger partial charge < -0.3 is 8.98 Å². The number of aromatic nitrogens is 4. The van der Waals surface area contributed by atoms with Crippen LogP contribution >= 0.6 is 0 Å². The zero-order valence-electron chi connectivity index (χ0n) is 23.0. The Bertz CT molecular complexity index is 2830. The van der Waals surface area contributed by atoms with Crippen molar-refractivity contribution >= 4 is 88.3 Å². The SMILES string of the molecule is C1=Cc2c(n(-c3ccccc3)c3c2c2c4ccccc4oc2c2c3c3cccc4c5nc6ccccc6nc5n2c43)CC1. The van der Waals surface area contributed by atoms with Crippen LogP contribution in [0.25, 0.3) is 94.0 Å². The Kier molecular flexibility index (Phi) is 3.88. The van der Waals surface area contributed by atoms with Crippen LogP contribution in [0.4, 0.5) is 0 Å². The molecule has 0 spiro atoms. The molecule has 0 saturated carbocycles. The topological polar surface area (TPSA) is 48.3 Å². The number of furan rings is 1. The number of hydrogen-bond acceptors (Lipinski definition) is 3. The van der Waals surface area contributed by atoms with Crippen LogP contribution in [0.3, 0.4) is 0 Å². The van der Waals surface area contributed by atoms with Crippen molar-refractivity contribution in [2.75, 3.05) is 0 Å². The maximum absolute atomic E-state index is 6.88. The Morgan fingerprint density at radius 2 is 1.40 bits per heavy atom. The molecule has 1 aliphatic carbocycles. The lowest BCUT2D eigenvalue weighted by Crippen LogP contribution is -2.02. The lowest BCUT2D eigenvalue weighted by atomic mass is 9.97. The maximum atomic E-state index is 6.88. The second-order valence-electron chi connectivity index (χ2n) is 11.6. The number of nitrogens with zero attached hydrogens (tertiary/aromatic N) is 4. The Morgan fingerprint density at radius 3 is 2.30 bits per heavy atom. The number of rotatable bonds is 1. The first kappa shape index (κ1) is 22.0. The minimum Gasteiger partial charge on any atom is -0.454 e. The Labute approximate surface area is 244 Å². The maximum Gasteiger partial charge on any atom is 0.165 e. The van der Waals surface area contributed by atoms with Gasteiger partial charge in [-0.05, 0) is 43.2 Å². The number of para-hydroxylation sites is 5. The minimum atomic E-state index is 0.864. The van der Waals surface area contributed by atoms with E-state index in [-0.39, 0.29) is 0 Å². The predicted octanol–water partition coefficient (Wildman–Crippen LogP) is 9.58. The second kappa shape index (κ2) is 7.58. The molecular weight excluding hydrogens is 528 g/mol. The molecular formula is C38H22N4O. The van der Waals surface area contributed by atoms with Gasteiger partial charge in [0.2, 0.25) is 0 Å². The summed E-state index contributed by atoms with van der Waals surface area (Å²) in [5.41, 5.74) is 12.6. The van der Waals surface area contributed by atoms with E-state index in [0.717, 1.165) is 68.0 Å². The van der Waals surface area contributed by atoms with Crippen LogP contribution in [0, 0.1) is 0 Å². The van der Waals surface area contributed by atoms with Crippen molar-refractivity contribution in [3.05, 3.63) is 114 Å². The number of allylic oxidation sites excluding steroid dienone is 1. The van der Waals surface area contributed by atoms with E-state index in [1.807, 2.05) is 24.3 Å². The van der Waals surface area contributed by atoms with Crippen molar-refractivity contribution in [3.63, 3.8) is 0 Å². The average Bonchev–Trinajstić information content (AvgIpc) is 3.79. The second-order valence-corrected chi connectivity index (χ2v) is 11.6. The molecule has 0 fully saturated rings. The quantitative estimate of drug-likeness (QED) is 0.204. The van der Waals surface area contributed by atoms with Crippen molar-refractivity contribution in [2.45, 2.75) is 12.8 Å². The fraction of sp³-hybridized carbons (Fsp3) is 0.0526. The summed E-state index contributed by atoms with van der Waals surface area (Å²) in [7, 11) is 0. The lowest BCUT2D eigenvalue weighted by Gasteiger charge is -2.13. The zero-order chi connectivity index (χ0) is 27.8. The molecule has 1 aliphatic rings. The van der Waals surface area contributed by atoms with E-state index in [4.69, 9.17) is 14.4 Å². The summed E-state index contributed by atoms with van der Waals surface area (Å²) >= 11 is 0. The highest BCUT2D eigenvalue weighted by molar-refractivity contribution is 6.38. The van der Waals surface area contributed by atoms with Crippen LogP contribution in [0.2, 0.25) is 0 Å². The van der Waals surface area contributed by atoms with Gasteiger partial charge in [0.1, 0.15) is 16.6 Å². The van der Waals surface area contributed by atoms with Crippen LogP contribution < -0.4 is 0 Å². The Morgan fingerprint density at radius 1 is 0.628 bits per heavy atom. The monoisotopic (exact) mass is 550 g/mol. The molecule has 0 aliphatic heterocycles. The molecule has 5 heteroatoms. The predicted molar refractivity (Wildman–Crippen MR) is 176 cm³/mol. The summed E-state index contributed by atoms with van der Waals surface area (Å²) in [5.74, 6) is 0. The largest absolute Gasteiger partial charge is 0.454 e. The molecule has 200 valence electrons. The van der Waals surface area contributed by atoms with Crippen molar-refractivity contribution < 1.29 is 4.42 Å². The van der Waals surface area contributed by atoms with Gasteiger partial charge >= 0.3 is 0 Å². The van der Waals surface area contributed by atoms with Gasteiger partial charge in [-0.3, -0.25) is 4.40 Å². The first-order valence-corrected chi connectivity index (χ1v) is 14.8. The van der Waals surface area contributed by atoms with Gasteiger partial charge in [-0.1, -0.05) is 78.9 Å². The number of fused-ring (bicyclic) bond motifs is 16. The summed E-state index contributed by atoms with van der Waals surface area (Å²) in [6.45, 7) is 0. The third-order valence-corrected chi connectivity index (χ3v) is 9.46. The van der Waals surface area contributed by atoms with Crippen LogP contribution in [-0.2, 0) is 6.42 Å². The molecule has 0 saturated heterocycles. The van der Waals surface area contributed by atoms with Gasteiger partial charge in [-0.2, -0.15) is 0 Å². The molecule has 0 radical (unpaired) electrons. The highest BCUT2D eigenvalue weighted by Gasteiger charge is 2.30. The summed E-state index contributed by atoms with van der Waals surface area (Å²) < 4.78 is 11.7. The fourth-order valence-electron chi connectivity index (χ4n) is 7.82. The van der Waals surface area contributed by atoms with Crippen molar-refractivity contribution in [1.29, 1.82) is 0 Å². The van der Waals surface area contributed by atoms with E-state index in [9.17, 15) is 0 Å². The molecule has 5 aromatic heterocycles. The third-order valence-electron chi connectivity index (χ3n) is 9.46. The zero-order valence-corrected chi connectivity index (χ0v) is 23.0. The molecule has 0 unspecified atom stereocenters. The molecule has 5 nitrogen and oxygen atoms in total. The molecule has 5 heterocycles. The molecule has 0 N–H and O–H groups in total. The summed E-state index contributed by atoms with van der Waals surface area (Å²) in [5, 5.41) is 7.07. The standard InChI is InChI=1S/C38H22N4O/c1-2-11-21(12-3-1)41-28-19-8-4-13-22(28)30-31-23-14-5-9-20-29(23)43-37(31)36-32(35(30)41)24-15-10-16-25-33-38(42(36)34(24)25)40-27-18-7-6-17-26(27)39-33/h1-7,9-18,20H,8,19H2. The molecule has 5 aromatic carbocycles. The fourth-order valence-corrected chi connectivity index (χ4v) is 7.82. The third kappa shape index (κ3) is 2.56. The van der Waals surface area contributed by atoms with Crippen LogP contribution in [0.5, 0.6) is 0 Å². The van der Waals surface area contributed by atoms with Gasteiger partial charge in [-0.15, -0.1) is 0 Å². The highest BCUT2D eigenvalue weighted by atomic mass is 16.3. The van der Waals surface area contributed by atoms with Crippen molar-refractivity contribution in [2.24, 2.45) is 0 Å². The van der Waals surface area contributed by atoms with Crippen LogP contribution in [0.15, 0.2) is 108 Å². The summed E-state index contributed by atoms with van der Waals surface area (Å²) in [4.78, 5) is 10.4. The van der Waals surface area contributed by atoms with Crippen molar-refractivity contribution in [3.8, 4) is 5.69 Å². The molecule has 0 bridgehead atoms. The van der Waals surface area contributed by atoms with Crippen molar-refractivity contribution in [1.82, 2.24) is 18.9 Å². The first-order valence-electron chi connectivity index (χ1n) is 14.8. The normalized spacial score (nSPS) is 13.8. The smallest absolute Gasteiger partial charge is 0.165 e. The van der Waals surface area contributed by atoms with E-state index in [2.05, 4.69) is 93.9 Å². The molecule has 10 aromatic rings. The van der Waals surface area contributed by atoms with Gasteiger partial charge in [0, 0.05) is 49.3 Å². The number of benzene rings is 5. The Hall–Kier alpha value is -5.68. The molecule has 0 atom stereocenters.